The SMILES string of the molecule is CCn1nc(-c2ccc(Cl)cc2)cc(/C=C/C(=O)O)c1=O. The highest BCUT2D eigenvalue weighted by Crippen LogP contribution is 2.19. The normalized spacial score (nSPS) is 11.0. The smallest absolute Gasteiger partial charge is 0.328 e. The molecule has 0 radical (unpaired) electrons. The van der Waals surface area contributed by atoms with E-state index in [0.29, 0.717) is 17.3 Å². The van der Waals surface area contributed by atoms with E-state index in [9.17, 15) is 9.59 Å². The molecule has 0 aliphatic heterocycles. The van der Waals surface area contributed by atoms with Crippen molar-refractivity contribution >= 4 is 23.6 Å². The lowest BCUT2D eigenvalue weighted by atomic mass is 10.1. The maximum atomic E-state index is 12.1. The molecule has 0 bridgehead atoms. The number of hydrogen-bond acceptors (Lipinski definition) is 3. The Hall–Kier alpha value is -2.40. The third-order valence-corrected chi connectivity index (χ3v) is 3.10. The van der Waals surface area contributed by atoms with Crippen molar-refractivity contribution in [2.75, 3.05) is 0 Å². The van der Waals surface area contributed by atoms with E-state index in [0.717, 1.165) is 11.6 Å². The minimum atomic E-state index is -1.11. The monoisotopic (exact) mass is 304 g/mol. The number of rotatable bonds is 4. The van der Waals surface area contributed by atoms with E-state index in [1.165, 1.54) is 10.8 Å². The van der Waals surface area contributed by atoms with E-state index >= 15 is 0 Å². The molecule has 1 aromatic carbocycles. The van der Waals surface area contributed by atoms with Gasteiger partial charge in [0.1, 0.15) is 0 Å². The molecule has 0 unspecified atom stereocenters. The summed E-state index contributed by atoms with van der Waals surface area (Å²) in [7, 11) is 0. The number of hydrogen-bond donors (Lipinski definition) is 1. The van der Waals surface area contributed by atoms with Crippen LogP contribution in [0.5, 0.6) is 0 Å². The molecule has 6 heteroatoms. The van der Waals surface area contributed by atoms with Crippen LogP contribution >= 0.6 is 11.6 Å². The zero-order valence-corrected chi connectivity index (χ0v) is 12.0. The fraction of sp³-hybridized carbons (Fsp3) is 0.133. The van der Waals surface area contributed by atoms with Crippen molar-refractivity contribution in [3.05, 3.63) is 57.3 Å². The van der Waals surface area contributed by atoms with Gasteiger partial charge >= 0.3 is 5.97 Å². The van der Waals surface area contributed by atoms with Crippen LogP contribution in [-0.4, -0.2) is 20.9 Å². The highest BCUT2D eigenvalue weighted by atomic mass is 35.5. The summed E-state index contributed by atoms with van der Waals surface area (Å²) in [5.74, 6) is -1.11. The Bertz CT molecular complexity index is 749. The Labute approximate surface area is 126 Å². The quantitative estimate of drug-likeness (QED) is 0.881. The average molecular weight is 305 g/mol. The molecule has 0 fully saturated rings. The Morgan fingerprint density at radius 1 is 1.38 bits per heavy atom. The summed E-state index contributed by atoms with van der Waals surface area (Å²) in [4.78, 5) is 22.7. The summed E-state index contributed by atoms with van der Waals surface area (Å²) < 4.78 is 1.30. The largest absolute Gasteiger partial charge is 0.478 e. The summed E-state index contributed by atoms with van der Waals surface area (Å²) in [6, 6.07) is 8.61. The molecule has 5 nitrogen and oxygen atoms in total. The van der Waals surface area contributed by atoms with Crippen molar-refractivity contribution in [3.8, 4) is 11.3 Å². The predicted octanol–water partition coefficient (Wildman–Crippen LogP) is 2.68. The number of halogens is 1. The van der Waals surface area contributed by atoms with Crippen LogP contribution in [-0.2, 0) is 11.3 Å². The third-order valence-electron chi connectivity index (χ3n) is 2.85. The van der Waals surface area contributed by atoms with Crippen molar-refractivity contribution in [3.63, 3.8) is 0 Å². The van der Waals surface area contributed by atoms with Crippen LogP contribution in [0.1, 0.15) is 12.5 Å². The van der Waals surface area contributed by atoms with Gasteiger partial charge in [-0.05, 0) is 31.2 Å². The van der Waals surface area contributed by atoms with Gasteiger partial charge in [0.05, 0.1) is 5.69 Å². The van der Waals surface area contributed by atoms with Gasteiger partial charge in [0.15, 0.2) is 0 Å². The maximum Gasteiger partial charge on any atom is 0.328 e. The minimum absolute atomic E-state index is 0.277. The average Bonchev–Trinajstić information content (AvgIpc) is 2.47. The zero-order valence-electron chi connectivity index (χ0n) is 11.3. The fourth-order valence-corrected chi connectivity index (χ4v) is 1.94. The lowest BCUT2D eigenvalue weighted by Crippen LogP contribution is -2.24. The summed E-state index contributed by atoms with van der Waals surface area (Å²) >= 11 is 5.85. The van der Waals surface area contributed by atoms with Gasteiger partial charge in [-0.3, -0.25) is 4.79 Å². The Morgan fingerprint density at radius 3 is 2.62 bits per heavy atom. The molecule has 0 aliphatic rings. The molecule has 1 heterocycles. The molecule has 21 heavy (non-hydrogen) atoms. The molecular weight excluding hydrogens is 292 g/mol. The molecule has 2 rings (SSSR count). The van der Waals surface area contributed by atoms with Crippen molar-refractivity contribution in [1.29, 1.82) is 0 Å². The number of benzene rings is 1. The number of carboxylic acids is 1. The standard InChI is InChI=1S/C15H13ClN2O3/c1-2-18-15(21)11(5-8-14(19)20)9-13(17-18)10-3-6-12(16)7-4-10/h3-9H,2H2,1H3,(H,19,20)/b8-5+. The number of nitrogens with zero attached hydrogens (tertiary/aromatic N) is 2. The number of carbonyl (C=O) groups is 1. The first-order valence-electron chi connectivity index (χ1n) is 6.30. The van der Waals surface area contributed by atoms with Gasteiger partial charge in [0.25, 0.3) is 5.56 Å². The molecule has 0 spiro atoms. The molecule has 2 aromatic rings. The first kappa shape index (κ1) is 15.0. The third kappa shape index (κ3) is 3.58. The number of carboxylic acid groups (broad SMARTS) is 1. The van der Waals surface area contributed by atoms with E-state index in [4.69, 9.17) is 16.7 Å². The molecular formula is C15H13ClN2O3. The van der Waals surface area contributed by atoms with Gasteiger partial charge in [-0.2, -0.15) is 5.10 Å². The molecule has 1 N–H and O–H groups in total. The van der Waals surface area contributed by atoms with Crippen molar-refractivity contribution < 1.29 is 9.90 Å². The van der Waals surface area contributed by atoms with Crippen LogP contribution in [0.15, 0.2) is 41.2 Å². The molecule has 0 atom stereocenters. The zero-order chi connectivity index (χ0) is 15.4. The Kier molecular flexibility index (Phi) is 4.55. The number of aliphatic carboxylic acids is 1. The van der Waals surface area contributed by atoms with Crippen LogP contribution in [0.2, 0.25) is 5.02 Å². The topological polar surface area (TPSA) is 72.2 Å². The highest BCUT2D eigenvalue weighted by Gasteiger charge is 2.07. The number of aryl methyl sites for hydroxylation is 1. The molecule has 0 saturated carbocycles. The van der Waals surface area contributed by atoms with Gasteiger partial charge in [-0.15, -0.1) is 0 Å². The van der Waals surface area contributed by atoms with Gasteiger partial charge in [-0.25, -0.2) is 9.48 Å². The molecule has 0 saturated heterocycles. The van der Waals surface area contributed by atoms with Crippen molar-refractivity contribution in [1.82, 2.24) is 9.78 Å². The van der Waals surface area contributed by atoms with E-state index < -0.39 is 5.97 Å². The Morgan fingerprint density at radius 2 is 2.05 bits per heavy atom. The highest BCUT2D eigenvalue weighted by molar-refractivity contribution is 6.30. The lowest BCUT2D eigenvalue weighted by Gasteiger charge is -2.07. The first-order chi connectivity index (χ1) is 10.0. The summed E-state index contributed by atoms with van der Waals surface area (Å²) in [6.07, 6.45) is 2.21. The van der Waals surface area contributed by atoms with Crippen molar-refractivity contribution in [2.45, 2.75) is 13.5 Å². The van der Waals surface area contributed by atoms with Gasteiger partial charge in [0.2, 0.25) is 0 Å². The molecule has 1 aromatic heterocycles. The van der Waals surface area contributed by atoms with Crippen LogP contribution in [0, 0.1) is 0 Å². The van der Waals surface area contributed by atoms with Crippen LogP contribution < -0.4 is 5.56 Å². The molecule has 0 amide bonds. The van der Waals surface area contributed by atoms with E-state index in [1.54, 1.807) is 37.3 Å². The Balaban J connectivity index is 2.57. The molecule has 0 aliphatic carbocycles. The predicted molar refractivity (Wildman–Crippen MR) is 81.3 cm³/mol. The summed E-state index contributed by atoms with van der Waals surface area (Å²) in [6.45, 7) is 2.19. The van der Waals surface area contributed by atoms with Gasteiger partial charge in [0, 0.05) is 28.8 Å². The number of aromatic nitrogens is 2. The van der Waals surface area contributed by atoms with Crippen LogP contribution in [0.25, 0.3) is 17.3 Å². The van der Waals surface area contributed by atoms with Crippen molar-refractivity contribution in [2.24, 2.45) is 0 Å². The van der Waals surface area contributed by atoms with Gasteiger partial charge in [-0.1, -0.05) is 23.7 Å². The van der Waals surface area contributed by atoms with Gasteiger partial charge < -0.3 is 5.11 Å². The second-order valence-corrected chi connectivity index (χ2v) is 4.72. The minimum Gasteiger partial charge on any atom is -0.478 e. The van der Waals surface area contributed by atoms with Crippen LogP contribution in [0.3, 0.4) is 0 Å². The summed E-state index contributed by atoms with van der Waals surface area (Å²) in [5.41, 5.74) is 1.33. The molecule has 108 valence electrons. The first-order valence-corrected chi connectivity index (χ1v) is 6.68. The van der Waals surface area contributed by atoms with E-state index in [-0.39, 0.29) is 11.1 Å². The summed E-state index contributed by atoms with van der Waals surface area (Å²) in [5, 5.41) is 13.5. The van der Waals surface area contributed by atoms with E-state index in [2.05, 4.69) is 5.10 Å². The lowest BCUT2D eigenvalue weighted by molar-refractivity contribution is -0.131. The van der Waals surface area contributed by atoms with Crippen LogP contribution in [0.4, 0.5) is 0 Å². The fourth-order valence-electron chi connectivity index (χ4n) is 1.82. The van der Waals surface area contributed by atoms with E-state index in [1.807, 2.05) is 0 Å². The second-order valence-electron chi connectivity index (χ2n) is 4.28. The maximum absolute atomic E-state index is 12.1. The second kappa shape index (κ2) is 6.37.